The van der Waals surface area contributed by atoms with Gasteiger partial charge in [-0.2, -0.15) is 0 Å². The van der Waals surface area contributed by atoms with Gasteiger partial charge in [0.25, 0.3) is 6.71 Å². The summed E-state index contributed by atoms with van der Waals surface area (Å²) in [6.07, 6.45) is 4.81. The van der Waals surface area contributed by atoms with Gasteiger partial charge in [0.1, 0.15) is 0 Å². The molecule has 8 aromatic carbocycles. The summed E-state index contributed by atoms with van der Waals surface area (Å²) in [5.74, 6) is 0. The second-order valence-electron chi connectivity index (χ2n) is 25.7. The third kappa shape index (κ3) is 6.43. The van der Waals surface area contributed by atoms with Crippen LogP contribution in [0.3, 0.4) is 0 Å². The SMILES string of the molecule is CC(C)(C)c1cc(N2c3cc(N4c5ccccc5C5(C)CCCCC45C)cc4c3B3c5c(cccc5C(c5ccccc5)(c5ccccc5)c5cccc2c53)N4c2ccc([Si](C)(C)C)cc2)cc(C(C)(C)C)c1. The number of anilines is 8. The van der Waals surface area contributed by atoms with Crippen molar-refractivity contribution in [1.29, 1.82) is 0 Å². The summed E-state index contributed by atoms with van der Waals surface area (Å²) in [5, 5.41) is 1.47. The monoisotopic (exact) mass is 968 g/mol. The van der Waals surface area contributed by atoms with E-state index in [2.05, 4.69) is 266 Å². The highest BCUT2D eigenvalue weighted by Crippen LogP contribution is 2.62. The molecular weight excluding hydrogens is 898 g/mol. The molecule has 2 unspecified atom stereocenters. The first-order chi connectivity index (χ1) is 34.9. The maximum Gasteiger partial charge on any atom is 0.253 e. The lowest BCUT2D eigenvalue weighted by molar-refractivity contribution is 0.195. The Morgan fingerprint density at radius 3 is 1.45 bits per heavy atom. The summed E-state index contributed by atoms with van der Waals surface area (Å²) in [6, 6.07) is 69.3. The normalized spacial score (nSPS) is 20.2. The van der Waals surface area contributed by atoms with E-state index in [1.807, 2.05) is 0 Å². The van der Waals surface area contributed by atoms with Crippen molar-refractivity contribution in [3.05, 3.63) is 215 Å². The summed E-state index contributed by atoms with van der Waals surface area (Å²) in [4.78, 5) is 8.21. The fourth-order valence-corrected chi connectivity index (χ4v) is 15.7. The molecule has 0 radical (unpaired) electrons. The molecule has 4 aliphatic heterocycles. The lowest BCUT2D eigenvalue weighted by Gasteiger charge is -2.53. The molecule has 73 heavy (non-hydrogen) atoms. The van der Waals surface area contributed by atoms with Crippen LogP contribution in [0.1, 0.15) is 120 Å². The highest BCUT2D eigenvalue weighted by molar-refractivity contribution is 7.01. The third-order valence-corrected chi connectivity index (χ3v) is 20.6. The fraction of sp³-hybridized carbons (Fsp3) is 0.294. The van der Waals surface area contributed by atoms with Crippen molar-refractivity contribution in [2.75, 3.05) is 14.7 Å². The molecule has 4 heterocycles. The maximum absolute atomic E-state index is 2.81. The van der Waals surface area contributed by atoms with Gasteiger partial charge in [-0.15, -0.1) is 0 Å². The van der Waals surface area contributed by atoms with Crippen LogP contribution in [0.5, 0.6) is 0 Å². The van der Waals surface area contributed by atoms with Gasteiger partial charge in [-0.25, -0.2) is 0 Å². The highest BCUT2D eigenvalue weighted by Gasteiger charge is 2.59. The van der Waals surface area contributed by atoms with Crippen LogP contribution in [-0.4, -0.2) is 20.3 Å². The van der Waals surface area contributed by atoms with E-state index >= 15 is 0 Å². The number of fused-ring (bicyclic) bond motifs is 3. The molecule has 8 aromatic rings. The van der Waals surface area contributed by atoms with E-state index in [0.29, 0.717) is 0 Å². The number of hydrogen-bond donors (Lipinski definition) is 0. The van der Waals surface area contributed by atoms with Gasteiger partial charge in [0.05, 0.1) is 19.0 Å². The molecule has 0 bridgehead atoms. The molecule has 0 amide bonds. The minimum absolute atomic E-state index is 0.00819. The Morgan fingerprint density at radius 2 is 0.918 bits per heavy atom. The largest absolute Gasteiger partial charge is 0.334 e. The van der Waals surface area contributed by atoms with Gasteiger partial charge in [0, 0.05) is 50.9 Å². The molecule has 13 rings (SSSR count). The molecule has 364 valence electrons. The molecule has 5 aliphatic rings. The molecule has 0 aromatic heterocycles. The van der Waals surface area contributed by atoms with Crippen molar-refractivity contribution in [3.63, 3.8) is 0 Å². The number of benzene rings is 8. The minimum atomic E-state index is -1.61. The van der Waals surface area contributed by atoms with Gasteiger partial charge in [-0.05, 0) is 141 Å². The van der Waals surface area contributed by atoms with Gasteiger partial charge in [0.15, 0.2) is 0 Å². The van der Waals surface area contributed by atoms with Gasteiger partial charge in [-0.3, -0.25) is 0 Å². The first kappa shape index (κ1) is 46.2. The predicted molar refractivity (Wildman–Crippen MR) is 316 cm³/mol. The van der Waals surface area contributed by atoms with Gasteiger partial charge in [0.2, 0.25) is 0 Å². The maximum atomic E-state index is 2.81. The molecular formula is C68H70BN3Si. The molecule has 1 fully saturated rings. The van der Waals surface area contributed by atoms with Gasteiger partial charge < -0.3 is 14.7 Å². The predicted octanol–water partition coefficient (Wildman–Crippen LogP) is 15.3. The van der Waals surface area contributed by atoms with E-state index in [1.165, 1.54) is 125 Å². The Labute approximate surface area is 437 Å². The number of rotatable bonds is 6. The van der Waals surface area contributed by atoms with Crippen LogP contribution in [0, 0.1) is 0 Å². The molecule has 1 saturated carbocycles. The summed E-state index contributed by atoms with van der Waals surface area (Å²) < 4.78 is 0. The second-order valence-corrected chi connectivity index (χ2v) is 30.8. The Morgan fingerprint density at radius 1 is 0.438 bits per heavy atom. The number of nitrogens with zero attached hydrogens (tertiary/aromatic N) is 3. The van der Waals surface area contributed by atoms with E-state index in [4.69, 9.17) is 0 Å². The fourth-order valence-electron chi connectivity index (χ4n) is 14.5. The Kier molecular flexibility index (Phi) is 9.96. The lowest BCUT2D eigenvalue weighted by Crippen LogP contribution is -2.68. The topological polar surface area (TPSA) is 9.72 Å². The molecule has 1 aliphatic carbocycles. The van der Waals surface area contributed by atoms with Crippen LogP contribution >= 0.6 is 0 Å². The third-order valence-electron chi connectivity index (χ3n) is 18.5. The standard InChI is InChI=1S/C68H70BN3Si/c1-64(2,3)47-40-48(65(4,5)6)42-50(41-47)71-58-33-23-30-55-62(58)69-61-54(68(55,45-24-14-12-15-25-45)46-26-16-13-17-27-46)29-22-32-57(61)70(49-34-36-52(37-35-49)73(9,10)11)59-43-51(44-60(71)63(59)69)72-56-31-19-18-28-53(56)66(7)38-20-21-39-67(66,72)8/h12-19,22-37,40-44H,20-21,38-39H2,1-11H3. The van der Waals surface area contributed by atoms with E-state index in [9.17, 15) is 0 Å². The lowest BCUT2D eigenvalue weighted by atomic mass is 9.28. The smallest absolute Gasteiger partial charge is 0.253 e. The van der Waals surface area contributed by atoms with Crippen molar-refractivity contribution in [2.24, 2.45) is 0 Å². The van der Waals surface area contributed by atoms with Crippen molar-refractivity contribution in [1.82, 2.24) is 0 Å². The summed E-state index contributed by atoms with van der Waals surface area (Å²) in [5.41, 5.74) is 22.9. The van der Waals surface area contributed by atoms with Crippen LogP contribution in [0.4, 0.5) is 45.5 Å². The first-order valence-corrected chi connectivity index (χ1v) is 30.7. The summed E-state index contributed by atoms with van der Waals surface area (Å²) in [6.45, 7) is 26.8. The first-order valence-electron chi connectivity index (χ1n) is 27.2. The zero-order valence-corrected chi connectivity index (χ0v) is 46.0. The molecule has 3 nitrogen and oxygen atoms in total. The van der Waals surface area contributed by atoms with Gasteiger partial charge in [-0.1, -0.05) is 207 Å². The Bertz CT molecular complexity index is 3450. The Hall–Kier alpha value is -6.56. The van der Waals surface area contributed by atoms with Crippen LogP contribution in [0.25, 0.3) is 0 Å². The van der Waals surface area contributed by atoms with E-state index in [1.54, 1.807) is 0 Å². The van der Waals surface area contributed by atoms with Crippen LogP contribution in [-0.2, 0) is 21.7 Å². The van der Waals surface area contributed by atoms with E-state index in [-0.39, 0.29) is 28.5 Å². The average molecular weight is 968 g/mol. The summed E-state index contributed by atoms with van der Waals surface area (Å²) in [7, 11) is -1.61. The number of hydrogen-bond acceptors (Lipinski definition) is 3. The second kappa shape index (κ2) is 15.7. The van der Waals surface area contributed by atoms with Crippen molar-refractivity contribution >= 4 is 81.9 Å². The average Bonchev–Trinajstić information content (AvgIpc) is 3.59. The van der Waals surface area contributed by atoms with E-state index < -0.39 is 13.5 Å². The minimum Gasteiger partial charge on any atom is -0.334 e. The molecule has 0 spiro atoms. The van der Waals surface area contributed by atoms with Crippen LogP contribution < -0.4 is 36.3 Å². The quantitative estimate of drug-likeness (QED) is 0.154. The van der Waals surface area contributed by atoms with Crippen LogP contribution in [0.15, 0.2) is 176 Å². The van der Waals surface area contributed by atoms with Crippen molar-refractivity contribution < 1.29 is 0 Å². The molecule has 0 saturated heterocycles. The van der Waals surface area contributed by atoms with Crippen LogP contribution in [0.2, 0.25) is 19.6 Å². The molecule has 5 heteroatoms. The Balaban J connectivity index is 1.21. The zero-order valence-electron chi connectivity index (χ0n) is 45.0. The number of para-hydroxylation sites is 1. The molecule has 2 atom stereocenters. The van der Waals surface area contributed by atoms with Gasteiger partial charge >= 0.3 is 0 Å². The van der Waals surface area contributed by atoms with Crippen molar-refractivity contribution in [2.45, 2.75) is 128 Å². The van der Waals surface area contributed by atoms with Crippen molar-refractivity contribution in [3.8, 4) is 0 Å². The zero-order chi connectivity index (χ0) is 50.6. The summed E-state index contributed by atoms with van der Waals surface area (Å²) >= 11 is 0. The van der Waals surface area contributed by atoms with E-state index in [0.717, 1.165) is 6.42 Å². The molecule has 0 N–H and O–H groups in total. The highest BCUT2D eigenvalue weighted by atomic mass is 28.3.